The molecule has 6 nitrogen and oxygen atoms in total. The van der Waals surface area contributed by atoms with Crippen molar-refractivity contribution in [2.45, 2.75) is 6.42 Å². The van der Waals surface area contributed by atoms with Gasteiger partial charge in [-0.25, -0.2) is 9.50 Å². The lowest BCUT2D eigenvalue weighted by Crippen LogP contribution is -1.94. The second-order valence-electron chi connectivity index (χ2n) is 5.76. The summed E-state index contributed by atoms with van der Waals surface area (Å²) in [6.07, 6.45) is 4.01. The van der Waals surface area contributed by atoms with E-state index in [1.807, 2.05) is 42.5 Å². The molecule has 0 atom stereocenters. The van der Waals surface area contributed by atoms with Crippen LogP contribution in [0.1, 0.15) is 17.0 Å². The number of hydrogen-bond acceptors (Lipinski definition) is 5. The van der Waals surface area contributed by atoms with E-state index in [0.29, 0.717) is 29.1 Å². The van der Waals surface area contributed by atoms with E-state index in [-0.39, 0.29) is 0 Å². The van der Waals surface area contributed by atoms with E-state index < -0.39 is 0 Å². The van der Waals surface area contributed by atoms with Crippen molar-refractivity contribution in [3.8, 4) is 23.1 Å². The van der Waals surface area contributed by atoms with Crippen LogP contribution in [0.5, 0.6) is 5.75 Å². The Labute approximate surface area is 150 Å². The van der Waals surface area contributed by atoms with Crippen molar-refractivity contribution in [1.82, 2.24) is 19.6 Å². The minimum Gasteiger partial charge on any atom is -0.497 e. The van der Waals surface area contributed by atoms with Crippen LogP contribution in [0.15, 0.2) is 60.9 Å². The van der Waals surface area contributed by atoms with Gasteiger partial charge in [-0.1, -0.05) is 30.3 Å². The van der Waals surface area contributed by atoms with Crippen molar-refractivity contribution in [3.05, 3.63) is 77.9 Å². The predicted octanol–water partition coefficient (Wildman–Crippen LogP) is 3.26. The third-order valence-electron chi connectivity index (χ3n) is 4.10. The van der Waals surface area contributed by atoms with E-state index in [4.69, 9.17) is 4.74 Å². The smallest absolute Gasteiger partial charge is 0.182 e. The molecule has 2 aromatic heterocycles. The summed E-state index contributed by atoms with van der Waals surface area (Å²) in [5.74, 6) is 1.48. The van der Waals surface area contributed by atoms with Gasteiger partial charge < -0.3 is 4.74 Å². The largest absolute Gasteiger partial charge is 0.497 e. The van der Waals surface area contributed by atoms with Crippen LogP contribution >= 0.6 is 0 Å². The fraction of sp³-hybridized carbons (Fsp3) is 0.100. The quantitative estimate of drug-likeness (QED) is 0.569. The highest BCUT2D eigenvalue weighted by Crippen LogP contribution is 2.25. The molecule has 0 amide bonds. The molecular weight excluding hydrogens is 326 g/mol. The third kappa shape index (κ3) is 2.87. The van der Waals surface area contributed by atoms with Crippen LogP contribution in [0, 0.1) is 11.3 Å². The molecule has 0 saturated carbocycles. The van der Waals surface area contributed by atoms with Crippen LogP contribution in [0.3, 0.4) is 0 Å². The number of nitrogens with zero attached hydrogens (tertiary/aromatic N) is 5. The van der Waals surface area contributed by atoms with Crippen LogP contribution < -0.4 is 4.74 Å². The zero-order chi connectivity index (χ0) is 17.9. The standard InChI is InChI=1S/C20H15N5O/c1-26-16-7-4-5-14(11-16)12-18-23-20-19(22-9-10-25(20)24-18)17-8-3-2-6-15(17)13-21/h2-11H,12H2,1H3. The van der Waals surface area contributed by atoms with Crippen molar-refractivity contribution in [2.75, 3.05) is 7.11 Å². The van der Waals surface area contributed by atoms with Gasteiger partial charge in [-0.05, 0) is 23.8 Å². The first kappa shape index (κ1) is 15.8. The highest BCUT2D eigenvalue weighted by Gasteiger charge is 2.14. The van der Waals surface area contributed by atoms with Gasteiger partial charge in [0.1, 0.15) is 11.4 Å². The van der Waals surface area contributed by atoms with Gasteiger partial charge in [-0.15, -0.1) is 0 Å². The second-order valence-corrected chi connectivity index (χ2v) is 5.76. The first-order chi connectivity index (χ1) is 12.8. The average molecular weight is 341 g/mol. The summed E-state index contributed by atoms with van der Waals surface area (Å²) >= 11 is 0. The molecule has 6 heteroatoms. The number of methoxy groups -OCH3 is 1. The van der Waals surface area contributed by atoms with Crippen LogP contribution in [-0.4, -0.2) is 26.7 Å². The Morgan fingerprint density at radius 2 is 2.04 bits per heavy atom. The highest BCUT2D eigenvalue weighted by molar-refractivity contribution is 5.77. The molecule has 0 aliphatic carbocycles. The molecule has 0 spiro atoms. The number of nitriles is 1. The molecular formula is C20H15N5O. The van der Waals surface area contributed by atoms with Gasteiger partial charge in [0, 0.05) is 24.4 Å². The van der Waals surface area contributed by atoms with E-state index >= 15 is 0 Å². The number of rotatable bonds is 4. The van der Waals surface area contributed by atoms with Gasteiger partial charge in [0.25, 0.3) is 0 Å². The maximum atomic E-state index is 9.37. The Hall–Kier alpha value is -3.72. The van der Waals surface area contributed by atoms with Crippen LogP contribution in [-0.2, 0) is 6.42 Å². The van der Waals surface area contributed by atoms with E-state index in [9.17, 15) is 5.26 Å². The number of fused-ring (bicyclic) bond motifs is 1. The molecule has 4 aromatic rings. The molecule has 0 bridgehead atoms. The summed E-state index contributed by atoms with van der Waals surface area (Å²) < 4.78 is 6.97. The number of hydrogen-bond donors (Lipinski definition) is 0. The van der Waals surface area contributed by atoms with Crippen molar-refractivity contribution in [3.63, 3.8) is 0 Å². The maximum Gasteiger partial charge on any atom is 0.182 e. The summed E-state index contributed by atoms with van der Waals surface area (Å²) in [5.41, 5.74) is 3.65. The van der Waals surface area contributed by atoms with Crippen LogP contribution in [0.4, 0.5) is 0 Å². The predicted molar refractivity (Wildman–Crippen MR) is 96.7 cm³/mol. The van der Waals surface area contributed by atoms with Gasteiger partial charge in [0.2, 0.25) is 0 Å². The fourth-order valence-corrected chi connectivity index (χ4v) is 2.88. The van der Waals surface area contributed by atoms with E-state index in [2.05, 4.69) is 21.1 Å². The lowest BCUT2D eigenvalue weighted by molar-refractivity contribution is 0.414. The van der Waals surface area contributed by atoms with Crippen molar-refractivity contribution < 1.29 is 4.74 Å². The molecule has 2 aromatic carbocycles. The Kier molecular flexibility index (Phi) is 4.04. The van der Waals surface area contributed by atoms with Gasteiger partial charge in [0.05, 0.1) is 18.7 Å². The summed E-state index contributed by atoms with van der Waals surface area (Å²) in [6, 6.07) is 17.4. The summed E-state index contributed by atoms with van der Waals surface area (Å²) in [6.45, 7) is 0. The summed E-state index contributed by atoms with van der Waals surface area (Å²) in [4.78, 5) is 9.09. The topological polar surface area (TPSA) is 76.1 Å². The Morgan fingerprint density at radius 3 is 2.88 bits per heavy atom. The average Bonchev–Trinajstić information content (AvgIpc) is 3.10. The number of ether oxygens (including phenoxy) is 1. The Bertz CT molecular complexity index is 1130. The van der Waals surface area contributed by atoms with Gasteiger partial charge in [-0.3, -0.25) is 4.98 Å². The lowest BCUT2D eigenvalue weighted by atomic mass is 10.1. The van der Waals surface area contributed by atoms with Crippen LogP contribution in [0.25, 0.3) is 16.9 Å². The summed E-state index contributed by atoms with van der Waals surface area (Å²) in [7, 11) is 1.65. The van der Waals surface area contributed by atoms with Gasteiger partial charge in [-0.2, -0.15) is 10.4 Å². The van der Waals surface area contributed by atoms with E-state index in [0.717, 1.165) is 16.9 Å². The molecule has 2 heterocycles. The van der Waals surface area contributed by atoms with Crippen molar-refractivity contribution in [2.24, 2.45) is 0 Å². The molecule has 0 saturated heterocycles. The zero-order valence-electron chi connectivity index (χ0n) is 14.1. The third-order valence-corrected chi connectivity index (χ3v) is 4.10. The van der Waals surface area contributed by atoms with Crippen LogP contribution in [0.2, 0.25) is 0 Å². The Morgan fingerprint density at radius 1 is 1.15 bits per heavy atom. The summed E-state index contributed by atoms with van der Waals surface area (Å²) in [5, 5.41) is 13.9. The number of benzene rings is 2. The van der Waals surface area contributed by atoms with E-state index in [1.165, 1.54) is 0 Å². The van der Waals surface area contributed by atoms with Gasteiger partial charge >= 0.3 is 0 Å². The molecule has 0 fully saturated rings. The first-order valence-corrected chi connectivity index (χ1v) is 8.11. The number of aromatic nitrogens is 4. The minimum atomic E-state index is 0.561. The highest BCUT2D eigenvalue weighted by atomic mass is 16.5. The first-order valence-electron chi connectivity index (χ1n) is 8.11. The maximum absolute atomic E-state index is 9.37. The van der Waals surface area contributed by atoms with Gasteiger partial charge in [0.15, 0.2) is 11.5 Å². The minimum absolute atomic E-state index is 0.561. The monoisotopic (exact) mass is 341 g/mol. The fourth-order valence-electron chi connectivity index (χ4n) is 2.88. The molecule has 126 valence electrons. The van der Waals surface area contributed by atoms with Crippen molar-refractivity contribution in [1.29, 1.82) is 5.26 Å². The zero-order valence-corrected chi connectivity index (χ0v) is 14.1. The molecule has 4 rings (SSSR count). The molecule has 0 aliphatic heterocycles. The normalized spacial score (nSPS) is 10.6. The molecule has 0 N–H and O–H groups in total. The second kappa shape index (κ2) is 6.65. The van der Waals surface area contributed by atoms with E-state index in [1.54, 1.807) is 30.1 Å². The van der Waals surface area contributed by atoms with Crippen molar-refractivity contribution >= 4 is 5.65 Å². The molecule has 0 radical (unpaired) electrons. The molecule has 0 aliphatic rings. The Balaban J connectivity index is 1.77. The SMILES string of the molecule is COc1cccc(Cc2nc3c(-c4ccccc4C#N)nccn3n2)c1. The lowest BCUT2D eigenvalue weighted by Gasteiger charge is -2.03. The molecule has 26 heavy (non-hydrogen) atoms. The molecule has 0 unspecified atom stereocenters.